The molecule has 0 aromatic heterocycles. The molecule has 1 rings (SSSR count). The summed E-state index contributed by atoms with van der Waals surface area (Å²) in [4.78, 5) is 12.0. The van der Waals surface area contributed by atoms with Gasteiger partial charge in [-0.25, -0.2) is 0 Å². The van der Waals surface area contributed by atoms with Crippen LogP contribution in [0.5, 0.6) is 0 Å². The van der Waals surface area contributed by atoms with E-state index in [1.807, 2.05) is 6.92 Å². The van der Waals surface area contributed by atoms with Gasteiger partial charge in [0.1, 0.15) is 0 Å². The molecule has 114 valence electrons. The molecule has 0 radical (unpaired) electrons. The summed E-state index contributed by atoms with van der Waals surface area (Å²) in [6, 6.07) is 8.30. The fraction of sp³-hybridized carbons (Fsp3) is 0.562. The molecule has 0 bridgehead atoms. The zero-order valence-corrected chi connectivity index (χ0v) is 13.7. The van der Waals surface area contributed by atoms with Crippen LogP contribution >= 0.6 is 12.4 Å². The minimum Gasteiger partial charge on any atom is -0.349 e. The van der Waals surface area contributed by atoms with E-state index in [0.717, 1.165) is 6.42 Å². The Hall–Kier alpha value is -1.06. The van der Waals surface area contributed by atoms with Crippen LogP contribution in [0.15, 0.2) is 24.3 Å². The standard InChI is InChI=1S/C16H26N2O.ClH/c1-12(2)16(4,11-17)18-15(19)10-9-14-7-5-13(3)6-8-14;/h5-8,12H,9-11,17H2,1-4H3,(H,18,19);1H. The van der Waals surface area contributed by atoms with Crippen LogP contribution in [-0.4, -0.2) is 18.0 Å². The third-order valence-corrected chi connectivity index (χ3v) is 3.88. The van der Waals surface area contributed by atoms with Crippen molar-refractivity contribution < 1.29 is 4.79 Å². The van der Waals surface area contributed by atoms with E-state index in [-0.39, 0.29) is 23.9 Å². The van der Waals surface area contributed by atoms with Crippen molar-refractivity contribution in [3.8, 4) is 0 Å². The largest absolute Gasteiger partial charge is 0.349 e. The van der Waals surface area contributed by atoms with Crippen LogP contribution in [0.2, 0.25) is 0 Å². The number of carbonyl (C=O) groups is 1. The van der Waals surface area contributed by atoms with Crippen LogP contribution in [0.25, 0.3) is 0 Å². The third kappa shape index (κ3) is 5.51. The van der Waals surface area contributed by atoms with E-state index in [2.05, 4.69) is 50.4 Å². The lowest BCUT2D eigenvalue weighted by molar-refractivity contribution is -0.123. The molecule has 0 spiro atoms. The van der Waals surface area contributed by atoms with Crippen LogP contribution in [0.3, 0.4) is 0 Å². The van der Waals surface area contributed by atoms with Crippen molar-refractivity contribution in [1.29, 1.82) is 0 Å². The highest BCUT2D eigenvalue weighted by atomic mass is 35.5. The van der Waals surface area contributed by atoms with E-state index in [0.29, 0.717) is 18.9 Å². The van der Waals surface area contributed by atoms with Crippen LogP contribution in [0, 0.1) is 12.8 Å². The molecule has 4 heteroatoms. The van der Waals surface area contributed by atoms with Crippen molar-refractivity contribution >= 4 is 18.3 Å². The number of rotatable bonds is 6. The number of hydrogen-bond acceptors (Lipinski definition) is 2. The minimum absolute atomic E-state index is 0. The number of halogens is 1. The average Bonchev–Trinajstić information content (AvgIpc) is 2.37. The van der Waals surface area contributed by atoms with E-state index < -0.39 is 0 Å². The summed E-state index contributed by atoms with van der Waals surface area (Å²) in [5, 5.41) is 3.06. The number of hydrogen-bond donors (Lipinski definition) is 2. The first-order chi connectivity index (χ1) is 8.87. The van der Waals surface area contributed by atoms with Crippen LogP contribution in [0.4, 0.5) is 0 Å². The topological polar surface area (TPSA) is 55.1 Å². The predicted molar refractivity (Wildman–Crippen MR) is 87.2 cm³/mol. The maximum absolute atomic E-state index is 12.0. The molecular formula is C16H27ClN2O. The van der Waals surface area contributed by atoms with Crippen LogP contribution in [0.1, 0.15) is 38.3 Å². The van der Waals surface area contributed by atoms with Crippen molar-refractivity contribution in [1.82, 2.24) is 5.32 Å². The minimum atomic E-state index is -0.315. The fourth-order valence-corrected chi connectivity index (χ4v) is 1.82. The fourth-order valence-electron chi connectivity index (χ4n) is 1.82. The molecule has 0 aliphatic carbocycles. The lowest BCUT2D eigenvalue weighted by Gasteiger charge is -2.33. The summed E-state index contributed by atoms with van der Waals surface area (Å²) in [6.07, 6.45) is 1.27. The Kier molecular flexibility index (Phi) is 7.84. The predicted octanol–water partition coefficient (Wildman–Crippen LogP) is 2.84. The molecular weight excluding hydrogens is 272 g/mol. The van der Waals surface area contributed by atoms with Crippen molar-refractivity contribution in [2.45, 2.75) is 46.1 Å². The maximum atomic E-state index is 12.0. The molecule has 3 N–H and O–H groups in total. The molecule has 0 saturated carbocycles. The summed E-state index contributed by atoms with van der Waals surface area (Å²) in [7, 11) is 0. The van der Waals surface area contributed by atoms with E-state index >= 15 is 0 Å². The molecule has 0 heterocycles. The van der Waals surface area contributed by atoms with Gasteiger partial charge in [0.25, 0.3) is 0 Å². The molecule has 0 saturated heterocycles. The first-order valence-electron chi connectivity index (χ1n) is 6.94. The number of nitrogens with two attached hydrogens (primary N) is 1. The monoisotopic (exact) mass is 298 g/mol. The molecule has 1 unspecified atom stereocenters. The number of nitrogens with one attached hydrogen (secondary N) is 1. The number of aryl methyl sites for hydroxylation is 2. The Morgan fingerprint density at radius 1 is 1.30 bits per heavy atom. The second kappa shape index (κ2) is 8.28. The average molecular weight is 299 g/mol. The Morgan fingerprint density at radius 3 is 2.30 bits per heavy atom. The maximum Gasteiger partial charge on any atom is 0.220 e. The van der Waals surface area contributed by atoms with E-state index in [9.17, 15) is 4.79 Å². The Balaban J connectivity index is 0.00000361. The summed E-state index contributed by atoms with van der Waals surface area (Å²) in [5.41, 5.74) is 7.88. The van der Waals surface area contributed by atoms with Gasteiger partial charge in [-0.3, -0.25) is 4.79 Å². The van der Waals surface area contributed by atoms with Crippen molar-refractivity contribution in [3.63, 3.8) is 0 Å². The van der Waals surface area contributed by atoms with Crippen LogP contribution < -0.4 is 11.1 Å². The smallest absolute Gasteiger partial charge is 0.220 e. The second-order valence-electron chi connectivity index (χ2n) is 5.81. The lowest BCUT2D eigenvalue weighted by Crippen LogP contribution is -2.55. The number of benzene rings is 1. The highest BCUT2D eigenvalue weighted by Crippen LogP contribution is 2.15. The Labute approximate surface area is 128 Å². The Bertz CT molecular complexity index is 417. The highest BCUT2D eigenvalue weighted by molar-refractivity contribution is 5.85. The molecule has 1 atom stereocenters. The second-order valence-corrected chi connectivity index (χ2v) is 5.81. The van der Waals surface area contributed by atoms with Crippen molar-refractivity contribution in [2.24, 2.45) is 11.7 Å². The van der Waals surface area contributed by atoms with Gasteiger partial charge in [-0.15, -0.1) is 12.4 Å². The lowest BCUT2D eigenvalue weighted by atomic mass is 9.88. The van der Waals surface area contributed by atoms with Gasteiger partial charge in [-0.05, 0) is 31.7 Å². The van der Waals surface area contributed by atoms with Gasteiger partial charge in [0.05, 0.1) is 5.54 Å². The summed E-state index contributed by atoms with van der Waals surface area (Å²) >= 11 is 0. The zero-order chi connectivity index (χ0) is 14.5. The number of amides is 1. The van der Waals surface area contributed by atoms with Gasteiger partial charge in [0.15, 0.2) is 0 Å². The molecule has 1 aromatic carbocycles. The zero-order valence-electron chi connectivity index (χ0n) is 12.9. The van der Waals surface area contributed by atoms with Gasteiger partial charge in [-0.1, -0.05) is 43.7 Å². The SMILES string of the molecule is Cc1ccc(CCC(=O)NC(C)(CN)C(C)C)cc1.Cl. The summed E-state index contributed by atoms with van der Waals surface area (Å²) in [5.74, 6) is 0.392. The van der Waals surface area contributed by atoms with Crippen molar-refractivity contribution in [2.75, 3.05) is 6.54 Å². The normalized spacial score (nSPS) is 13.5. The summed E-state index contributed by atoms with van der Waals surface area (Å²) < 4.78 is 0. The molecule has 0 aliphatic rings. The van der Waals surface area contributed by atoms with Crippen LogP contribution in [-0.2, 0) is 11.2 Å². The van der Waals surface area contributed by atoms with Gasteiger partial charge in [0.2, 0.25) is 5.91 Å². The third-order valence-electron chi connectivity index (χ3n) is 3.88. The van der Waals surface area contributed by atoms with Gasteiger partial charge >= 0.3 is 0 Å². The van der Waals surface area contributed by atoms with Gasteiger partial charge in [-0.2, -0.15) is 0 Å². The quantitative estimate of drug-likeness (QED) is 0.848. The highest BCUT2D eigenvalue weighted by Gasteiger charge is 2.28. The van der Waals surface area contributed by atoms with E-state index in [1.165, 1.54) is 11.1 Å². The van der Waals surface area contributed by atoms with E-state index in [1.54, 1.807) is 0 Å². The summed E-state index contributed by atoms with van der Waals surface area (Å²) in [6.45, 7) is 8.68. The molecule has 3 nitrogen and oxygen atoms in total. The molecule has 20 heavy (non-hydrogen) atoms. The molecule has 0 fully saturated rings. The first kappa shape index (κ1) is 18.9. The number of carbonyl (C=O) groups excluding carboxylic acids is 1. The van der Waals surface area contributed by atoms with Crippen molar-refractivity contribution in [3.05, 3.63) is 35.4 Å². The molecule has 1 aromatic rings. The molecule has 0 aliphatic heterocycles. The van der Waals surface area contributed by atoms with E-state index in [4.69, 9.17) is 5.73 Å². The van der Waals surface area contributed by atoms with Gasteiger partial charge in [0, 0.05) is 13.0 Å². The molecule has 1 amide bonds. The van der Waals surface area contributed by atoms with Gasteiger partial charge < -0.3 is 11.1 Å². The first-order valence-corrected chi connectivity index (χ1v) is 6.94. The Morgan fingerprint density at radius 2 is 1.85 bits per heavy atom.